The number of non-ortho nitro benzene ring substituents is 1. The Morgan fingerprint density at radius 2 is 1.71 bits per heavy atom. The lowest BCUT2D eigenvalue weighted by atomic mass is 9.79. The second-order valence-corrected chi connectivity index (χ2v) is 7.79. The van der Waals surface area contributed by atoms with Gasteiger partial charge in [0.2, 0.25) is 5.91 Å². The van der Waals surface area contributed by atoms with Crippen molar-refractivity contribution in [2.24, 2.45) is 11.5 Å². The normalized spacial score (nSPS) is 11.6. The van der Waals surface area contributed by atoms with E-state index in [1.54, 1.807) is 12.1 Å². The zero-order valence-electron chi connectivity index (χ0n) is 18.3. The van der Waals surface area contributed by atoms with Crippen molar-refractivity contribution in [3.8, 4) is 0 Å². The maximum Gasteiger partial charge on any atom is 0.488 e. The third-order valence-electron chi connectivity index (χ3n) is 5.16. The number of nitro groups is 1. The van der Waals surface area contributed by atoms with E-state index in [9.17, 15) is 39.8 Å². The van der Waals surface area contributed by atoms with Crippen LogP contribution < -0.4 is 22.4 Å². The minimum Gasteiger partial charge on any atom is -0.423 e. The summed E-state index contributed by atoms with van der Waals surface area (Å²) >= 11 is 0. The molecule has 0 aromatic heterocycles. The summed E-state index contributed by atoms with van der Waals surface area (Å²) in [5.74, 6) is -1.25. The Morgan fingerprint density at radius 1 is 1.03 bits per heavy atom. The first kappa shape index (κ1) is 27.0. The molecule has 0 aliphatic heterocycles. The Hall–Kier alpha value is -3.29. The quantitative estimate of drug-likeness (QED) is 0.0838. The monoisotopic (exact) mass is 472 g/mol. The van der Waals surface area contributed by atoms with E-state index in [0.717, 1.165) is 18.2 Å². The summed E-state index contributed by atoms with van der Waals surface area (Å²) in [4.78, 5) is 36.3. The fraction of sp³-hybridized carbons (Fsp3) is 0.300. The highest BCUT2D eigenvalue weighted by atomic mass is 16.6. The smallest absolute Gasteiger partial charge is 0.423 e. The van der Waals surface area contributed by atoms with E-state index in [4.69, 9.17) is 11.5 Å². The van der Waals surface area contributed by atoms with Gasteiger partial charge in [-0.05, 0) is 41.8 Å². The van der Waals surface area contributed by atoms with Crippen LogP contribution in [0.25, 0.3) is 0 Å². The van der Waals surface area contributed by atoms with Crippen LogP contribution in [-0.4, -0.2) is 68.6 Å². The molecule has 0 saturated carbocycles. The number of rotatable bonds is 12. The number of unbranched alkanes of at least 4 members (excludes halogenated alkanes) is 1. The van der Waals surface area contributed by atoms with Crippen LogP contribution in [0.4, 0.5) is 5.69 Å². The van der Waals surface area contributed by atoms with Crippen LogP contribution in [0.3, 0.4) is 0 Å². The van der Waals surface area contributed by atoms with E-state index >= 15 is 0 Å². The van der Waals surface area contributed by atoms with Crippen molar-refractivity contribution in [1.82, 2.24) is 4.90 Å². The van der Waals surface area contributed by atoms with Gasteiger partial charge in [0.25, 0.3) is 11.6 Å². The summed E-state index contributed by atoms with van der Waals surface area (Å²) in [5, 5.41) is 49.0. The van der Waals surface area contributed by atoms with Gasteiger partial charge in [-0.1, -0.05) is 24.3 Å². The molecule has 2 rings (SSSR count). The Kier molecular flexibility index (Phi) is 9.71. The topological polar surface area (TPSA) is 213 Å². The molecule has 12 nitrogen and oxygen atoms in total. The average molecular weight is 472 g/mol. The second kappa shape index (κ2) is 12.3. The van der Waals surface area contributed by atoms with E-state index in [1.165, 1.54) is 17.0 Å². The predicted molar refractivity (Wildman–Crippen MR) is 125 cm³/mol. The first-order valence-corrected chi connectivity index (χ1v) is 10.4. The first-order valence-electron chi connectivity index (χ1n) is 10.4. The molecule has 2 amide bonds. The third-order valence-corrected chi connectivity index (χ3v) is 5.16. The fourth-order valence-electron chi connectivity index (χ4n) is 3.33. The molecule has 0 aliphatic carbocycles. The van der Waals surface area contributed by atoms with E-state index in [1.807, 2.05) is 0 Å². The molecule has 1 atom stereocenters. The van der Waals surface area contributed by atoms with Crippen molar-refractivity contribution in [3.63, 3.8) is 0 Å². The maximum absolute atomic E-state index is 13.3. The van der Waals surface area contributed by atoms with Gasteiger partial charge in [0.15, 0.2) is 0 Å². The third kappa shape index (κ3) is 7.64. The highest BCUT2D eigenvalue weighted by Gasteiger charge is 2.24. The van der Waals surface area contributed by atoms with Gasteiger partial charge in [0.05, 0.1) is 11.0 Å². The molecule has 8 N–H and O–H groups in total. The largest absolute Gasteiger partial charge is 0.488 e. The molecule has 0 unspecified atom stereocenters. The number of benzene rings is 2. The number of nitro benzene ring substituents is 1. The molecule has 2 aromatic rings. The molecular formula is C20H26B2N4O8. The van der Waals surface area contributed by atoms with Crippen LogP contribution in [0.5, 0.6) is 0 Å². The molecule has 0 aliphatic rings. The number of nitrogens with two attached hydrogens (primary N) is 2. The van der Waals surface area contributed by atoms with Gasteiger partial charge < -0.3 is 36.5 Å². The number of hydrogen-bond donors (Lipinski definition) is 6. The van der Waals surface area contributed by atoms with Crippen molar-refractivity contribution < 1.29 is 34.6 Å². The lowest BCUT2D eigenvalue weighted by molar-refractivity contribution is -0.384. The molecule has 2 aromatic carbocycles. The molecule has 180 valence electrons. The van der Waals surface area contributed by atoms with Gasteiger partial charge in [-0.3, -0.25) is 19.7 Å². The Labute approximate surface area is 196 Å². The summed E-state index contributed by atoms with van der Waals surface area (Å²) < 4.78 is 0. The molecule has 0 fully saturated rings. The summed E-state index contributed by atoms with van der Waals surface area (Å²) in [6, 6.07) is 8.60. The van der Waals surface area contributed by atoms with E-state index in [-0.39, 0.29) is 29.6 Å². The summed E-state index contributed by atoms with van der Waals surface area (Å²) in [5.41, 5.74) is 10.8. The number of carbonyl (C=O) groups is 2. The number of primary amides is 1. The summed E-state index contributed by atoms with van der Waals surface area (Å²) in [6.07, 6.45) is 1.21. The average Bonchev–Trinajstić information content (AvgIpc) is 2.79. The molecule has 0 heterocycles. The highest BCUT2D eigenvalue weighted by molar-refractivity contribution is 6.59. The van der Waals surface area contributed by atoms with Crippen LogP contribution in [0.1, 0.15) is 35.2 Å². The first-order chi connectivity index (χ1) is 16.0. The molecule has 34 heavy (non-hydrogen) atoms. The predicted octanol–water partition coefficient (Wildman–Crippen LogP) is -2.42. The standard InChI is InChI=1S/C20H26B2N4O8/c23-18(19(24)27)6-1-2-7-25(12-13-4-3-5-15(8-13)21(29)30)20(28)14-9-16(22(31)32)11-17(10-14)26(33)34/h3-5,8-11,18,29-32H,1-2,6-7,12,23H2,(H2,24,27)/t18-/m0/s1. The van der Waals surface area contributed by atoms with Crippen LogP contribution in [0.15, 0.2) is 42.5 Å². The number of carbonyl (C=O) groups excluding carboxylic acids is 2. The fourth-order valence-corrected chi connectivity index (χ4v) is 3.33. The zero-order chi connectivity index (χ0) is 25.4. The van der Waals surface area contributed by atoms with Gasteiger partial charge in [-0.15, -0.1) is 0 Å². The number of amides is 2. The van der Waals surface area contributed by atoms with Gasteiger partial charge in [0.1, 0.15) is 0 Å². The minimum absolute atomic E-state index is 0.0287. The number of hydrogen-bond acceptors (Lipinski definition) is 9. The van der Waals surface area contributed by atoms with Crippen LogP contribution in [0, 0.1) is 10.1 Å². The van der Waals surface area contributed by atoms with E-state index < -0.39 is 42.7 Å². The molecule has 14 heteroatoms. The van der Waals surface area contributed by atoms with E-state index in [2.05, 4.69) is 0 Å². The van der Waals surface area contributed by atoms with Crippen LogP contribution in [-0.2, 0) is 11.3 Å². The minimum atomic E-state index is -2.02. The molecule has 0 spiro atoms. The van der Waals surface area contributed by atoms with E-state index in [0.29, 0.717) is 24.8 Å². The lowest BCUT2D eigenvalue weighted by Gasteiger charge is -2.24. The second-order valence-electron chi connectivity index (χ2n) is 7.79. The molecule has 0 bridgehead atoms. The Bertz CT molecular complexity index is 1040. The SMILES string of the molecule is NC(=O)[C@@H](N)CCCCN(Cc1cccc(B(O)O)c1)C(=O)c1cc(B(O)O)cc([N+](=O)[O-])c1. The van der Waals surface area contributed by atoms with Crippen LogP contribution in [0.2, 0.25) is 0 Å². The van der Waals surface area contributed by atoms with Gasteiger partial charge >= 0.3 is 14.2 Å². The Balaban J connectivity index is 2.32. The van der Waals surface area contributed by atoms with Crippen molar-refractivity contribution >= 4 is 42.7 Å². The zero-order valence-corrected chi connectivity index (χ0v) is 18.3. The van der Waals surface area contributed by atoms with Gasteiger partial charge in [0, 0.05) is 30.8 Å². The summed E-state index contributed by atoms with van der Waals surface area (Å²) in [6.45, 7) is 0.205. The van der Waals surface area contributed by atoms with Crippen LogP contribution >= 0.6 is 0 Å². The number of nitrogens with zero attached hydrogens (tertiary/aromatic N) is 2. The van der Waals surface area contributed by atoms with Crippen molar-refractivity contribution in [2.75, 3.05) is 6.54 Å². The van der Waals surface area contributed by atoms with Crippen molar-refractivity contribution in [1.29, 1.82) is 0 Å². The highest BCUT2D eigenvalue weighted by Crippen LogP contribution is 2.17. The molecule has 0 saturated heterocycles. The molecular weight excluding hydrogens is 446 g/mol. The Morgan fingerprint density at radius 3 is 2.29 bits per heavy atom. The maximum atomic E-state index is 13.3. The van der Waals surface area contributed by atoms with Crippen molar-refractivity contribution in [2.45, 2.75) is 31.8 Å². The molecule has 0 radical (unpaired) electrons. The van der Waals surface area contributed by atoms with Gasteiger partial charge in [-0.25, -0.2) is 0 Å². The summed E-state index contributed by atoms with van der Waals surface area (Å²) in [7, 11) is -3.72. The van der Waals surface area contributed by atoms with Crippen molar-refractivity contribution in [3.05, 3.63) is 63.7 Å². The van der Waals surface area contributed by atoms with Gasteiger partial charge in [-0.2, -0.15) is 0 Å². The lowest BCUT2D eigenvalue weighted by Crippen LogP contribution is -2.37.